The van der Waals surface area contributed by atoms with E-state index in [1.165, 1.54) is 25.8 Å². The highest BCUT2D eigenvalue weighted by atomic mass is 16.5. The van der Waals surface area contributed by atoms with Crippen LogP contribution in [0.15, 0.2) is 0 Å². The Morgan fingerprint density at radius 3 is 2.82 bits per heavy atom. The first-order chi connectivity index (χ1) is 5.47. The van der Waals surface area contributed by atoms with Crippen molar-refractivity contribution < 1.29 is 4.74 Å². The van der Waals surface area contributed by atoms with E-state index < -0.39 is 0 Å². The summed E-state index contributed by atoms with van der Waals surface area (Å²) in [4.78, 5) is 0. The van der Waals surface area contributed by atoms with E-state index in [0.29, 0.717) is 0 Å². The number of rotatable bonds is 1. The van der Waals surface area contributed by atoms with Gasteiger partial charge in [-0.1, -0.05) is 19.3 Å². The quantitative estimate of drug-likeness (QED) is 0.610. The van der Waals surface area contributed by atoms with Crippen LogP contribution in [-0.4, -0.2) is 26.3 Å². The Kier molecular flexibility index (Phi) is 2.44. The molecule has 11 heavy (non-hydrogen) atoms. The van der Waals surface area contributed by atoms with Crippen LogP contribution in [0.1, 0.15) is 19.3 Å². The predicted octanol–water partition coefficient (Wildman–Crippen LogP) is 1.02. The Hall–Kier alpha value is -0.0800. The van der Waals surface area contributed by atoms with Gasteiger partial charge in [-0.05, 0) is 11.8 Å². The second-order valence-electron chi connectivity index (χ2n) is 3.73. The van der Waals surface area contributed by atoms with Crippen LogP contribution in [0.25, 0.3) is 0 Å². The van der Waals surface area contributed by atoms with E-state index in [1.54, 1.807) is 0 Å². The molecule has 2 heteroatoms. The van der Waals surface area contributed by atoms with Crippen molar-refractivity contribution in [3.8, 4) is 0 Å². The second kappa shape index (κ2) is 3.55. The maximum absolute atomic E-state index is 5.50. The van der Waals surface area contributed by atoms with Gasteiger partial charge in [0.05, 0.1) is 13.2 Å². The van der Waals surface area contributed by atoms with Crippen molar-refractivity contribution in [3.05, 3.63) is 0 Å². The zero-order valence-corrected chi connectivity index (χ0v) is 7.01. The van der Waals surface area contributed by atoms with E-state index >= 15 is 0 Å². The van der Waals surface area contributed by atoms with E-state index in [1.807, 2.05) is 0 Å². The van der Waals surface area contributed by atoms with Crippen LogP contribution in [0.5, 0.6) is 0 Å². The molecule has 1 aliphatic carbocycles. The van der Waals surface area contributed by atoms with Crippen LogP contribution in [0.3, 0.4) is 0 Å². The molecule has 0 spiro atoms. The zero-order chi connectivity index (χ0) is 7.52. The molecule has 1 saturated carbocycles. The SMILES string of the molecule is C1CC([C@@H]2CNCCOC2)C1. The molecule has 2 nitrogen and oxygen atoms in total. The van der Waals surface area contributed by atoms with Crippen LogP contribution in [0.2, 0.25) is 0 Å². The van der Waals surface area contributed by atoms with E-state index in [2.05, 4.69) is 5.32 Å². The van der Waals surface area contributed by atoms with Crippen molar-refractivity contribution in [2.75, 3.05) is 26.3 Å². The van der Waals surface area contributed by atoms with E-state index in [9.17, 15) is 0 Å². The summed E-state index contributed by atoms with van der Waals surface area (Å²) < 4.78 is 5.50. The summed E-state index contributed by atoms with van der Waals surface area (Å²) in [6, 6.07) is 0. The van der Waals surface area contributed by atoms with Gasteiger partial charge < -0.3 is 10.1 Å². The van der Waals surface area contributed by atoms with Gasteiger partial charge in [0.2, 0.25) is 0 Å². The molecule has 0 radical (unpaired) electrons. The first-order valence-corrected chi connectivity index (χ1v) is 4.75. The molecule has 0 bridgehead atoms. The molecule has 0 unspecified atom stereocenters. The minimum atomic E-state index is 0.811. The third-order valence-corrected chi connectivity index (χ3v) is 2.98. The highest BCUT2D eigenvalue weighted by Gasteiger charge is 2.27. The normalized spacial score (nSPS) is 34.4. The molecule has 1 heterocycles. The average Bonchev–Trinajstić information content (AvgIpc) is 2.12. The maximum atomic E-state index is 5.50. The minimum Gasteiger partial charge on any atom is -0.380 e. The Balaban J connectivity index is 1.80. The van der Waals surface area contributed by atoms with Gasteiger partial charge in [0.1, 0.15) is 0 Å². The smallest absolute Gasteiger partial charge is 0.0591 e. The van der Waals surface area contributed by atoms with Crippen LogP contribution in [0, 0.1) is 11.8 Å². The molecule has 0 aromatic heterocycles. The molecular weight excluding hydrogens is 138 g/mol. The fourth-order valence-electron chi connectivity index (χ4n) is 1.94. The van der Waals surface area contributed by atoms with Gasteiger partial charge in [-0.3, -0.25) is 0 Å². The lowest BCUT2D eigenvalue weighted by atomic mass is 9.76. The Labute approximate surface area is 68.3 Å². The van der Waals surface area contributed by atoms with Crippen molar-refractivity contribution in [2.24, 2.45) is 11.8 Å². The maximum Gasteiger partial charge on any atom is 0.0591 e. The fraction of sp³-hybridized carbons (Fsp3) is 1.00. The lowest BCUT2D eigenvalue weighted by molar-refractivity contribution is 0.0783. The minimum absolute atomic E-state index is 0.811. The zero-order valence-electron chi connectivity index (χ0n) is 7.01. The number of hydrogen-bond acceptors (Lipinski definition) is 2. The molecule has 2 fully saturated rings. The molecular formula is C9H17NO. The fourth-order valence-corrected chi connectivity index (χ4v) is 1.94. The van der Waals surface area contributed by atoms with Crippen molar-refractivity contribution in [1.82, 2.24) is 5.32 Å². The summed E-state index contributed by atoms with van der Waals surface area (Å²) in [6.07, 6.45) is 4.33. The van der Waals surface area contributed by atoms with Crippen molar-refractivity contribution in [1.29, 1.82) is 0 Å². The van der Waals surface area contributed by atoms with Crippen molar-refractivity contribution >= 4 is 0 Å². The molecule has 0 aromatic rings. The predicted molar refractivity (Wildman–Crippen MR) is 44.5 cm³/mol. The molecule has 64 valence electrons. The molecule has 1 aliphatic heterocycles. The lowest BCUT2D eigenvalue weighted by Crippen LogP contribution is -2.32. The standard InChI is InChI=1S/C9H17NO/c1-2-8(3-1)9-6-10-4-5-11-7-9/h8-10H,1-7H2/t9-/m1/s1. The van der Waals surface area contributed by atoms with E-state index in [-0.39, 0.29) is 0 Å². The van der Waals surface area contributed by atoms with Gasteiger partial charge in [0.25, 0.3) is 0 Å². The number of hydrogen-bond donors (Lipinski definition) is 1. The second-order valence-corrected chi connectivity index (χ2v) is 3.73. The highest BCUT2D eigenvalue weighted by molar-refractivity contribution is 4.79. The molecule has 1 atom stereocenters. The summed E-state index contributed by atoms with van der Waals surface area (Å²) in [5.74, 6) is 1.78. The third-order valence-electron chi connectivity index (χ3n) is 2.98. The summed E-state index contributed by atoms with van der Waals surface area (Å²) in [5.41, 5.74) is 0. The first kappa shape index (κ1) is 7.56. The van der Waals surface area contributed by atoms with E-state index in [4.69, 9.17) is 4.74 Å². The molecule has 1 N–H and O–H groups in total. The van der Waals surface area contributed by atoms with Gasteiger partial charge >= 0.3 is 0 Å². The summed E-state index contributed by atoms with van der Waals surface area (Å²) in [5, 5.41) is 3.42. The van der Waals surface area contributed by atoms with Gasteiger partial charge in [-0.2, -0.15) is 0 Å². The van der Waals surface area contributed by atoms with Gasteiger partial charge in [0, 0.05) is 13.1 Å². The van der Waals surface area contributed by atoms with Gasteiger partial charge in [-0.15, -0.1) is 0 Å². The molecule has 1 saturated heterocycles. The van der Waals surface area contributed by atoms with Crippen molar-refractivity contribution in [3.63, 3.8) is 0 Å². The van der Waals surface area contributed by atoms with Crippen LogP contribution in [-0.2, 0) is 4.74 Å². The van der Waals surface area contributed by atoms with Crippen LogP contribution >= 0.6 is 0 Å². The largest absolute Gasteiger partial charge is 0.380 e. The summed E-state index contributed by atoms with van der Waals surface area (Å²) in [7, 11) is 0. The molecule has 2 aliphatic rings. The average molecular weight is 155 g/mol. The monoisotopic (exact) mass is 155 g/mol. The molecule has 2 rings (SSSR count). The lowest BCUT2D eigenvalue weighted by Gasteiger charge is -2.32. The number of nitrogens with one attached hydrogen (secondary N) is 1. The summed E-state index contributed by atoms with van der Waals surface area (Å²) in [6.45, 7) is 4.13. The summed E-state index contributed by atoms with van der Waals surface area (Å²) >= 11 is 0. The van der Waals surface area contributed by atoms with Gasteiger partial charge in [-0.25, -0.2) is 0 Å². The Morgan fingerprint density at radius 2 is 2.09 bits per heavy atom. The first-order valence-electron chi connectivity index (χ1n) is 4.75. The third kappa shape index (κ3) is 1.74. The Morgan fingerprint density at radius 1 is 1.18 bits per heavy atom. The Bertz CT molecular complexity index is 115. The highest BCUT2D eigenvalue weighted by Crippen LogP contribution is 2.33. The molecule has 0 amide bonds. The molecule has 0 aromatic carbocycles. The van der Waals surface area contributed by atoms with Crippen LogP contribution < -0.4 is 5.32 Å². The van der Waals surface area contributed by atoms with Crippen LogP contribution in [0.4, 0.5) is 0 Å². The van der Waals surface area contributed by atoms with E-state index in [0.717, 1.165) is 31.6 Å². The number of ether oxygens (including phenoxy) is 1. The topological polar surface area (TPSA) is 21.3 Å². The van der Waals surface area contributed by atoms with Gasteiger partial charge in [0.15, 0.2) is 0 Å². The van der Waals surface area contributed by atoms with Crippen molar-refractivity contribution in [2.45, 2.75) is 19.3 Å².